The zero-order valence-electron chi connectivity index (χ0n) is 11.3. The van der Waals surface area contributed by atoms with Crippen molar-refractivity contribution in [1.29, 1.82) is 0 Å². The molecule has 0 saturated heterocycles. The minimum atomic E-state index is -0.269. The van der Waals surface area contributed by atoms with E-state index in [1.54, 1.807) is 19.2 Å². The van der Waals surface area contributed by atoms with E-state index < -0.39 is 0 Å². The number of rotatable bonds is 6. The molecule has 2 aromatic carbocycles. The molecular weight excluding hydrogens is 277 g/mol. The van der Waals surface area contributed by atoms with Crippen molar-refractivity contribution in [1.82, 2.24) is 5.32 Å². The van der Waals surface area contributed by atoms with Gasteiger partial charge in [-0.25, -0.2) is 4.39 Å². The molecule has 0 radical (unpaired) electrons. The molecule has 0 saturated carbocycles. The first-order valence-corrected chi connectivity index (χ1v) is 6.85. The Kier molecular flexibility index (Phi) is 5.39. The fourth-order valence-corrected chi connectivity index (χ4v) is 2.17. The van der Waals surface area contributed by atoms with E-state index in [2.05, 4.69) is 5.32 Å². The maximum atomic E-state index is 13.5. The molecule has 0 aliphatic heterocycles. The molecule has 2 nitrogen and oxygen atoms in total. The lowest BCUT2D eigenvalue weighted by Crippen LogP contribution is -2.17. The highest BCUT2D eigenvalue weighted by Crippen LogP contribution is 2.18. The van der Waals surface area contributed by atoms with Crippen LogP contribution in [0, 0.1) is 5.82 Å². The van der Waals surface area contributed by atoms with Crippen LogP contribution in [0.2, 0.25) is 5.02 Å². The van der Waals surface area contributed by atoms with Crippen LogP contribution >= 0.6 is 11.6 Å². The van der Waals surface area contributed by atoms with Crippen molar-refractivity contribution in [2.45, 2.75) is 13.0 Å². The Labute approximate surface area is 123 Å². The summed E-state index contributed by atoms with van der Waals surface area (Å²) in [7, 11) is 1.65. The number of hydrogen-bond acceptors (Lipinski definition) is 2. The molecule has 0 heterocycles. The zero-order chi connectivity index (χ0) is 14.4. The third kappa shape index (κ3) is 3.95. The molecule has 2 aromatic rings. The monoisotopic (exact) mass is 293 g/mol. The molecule has 4 heteroatoms. The summed E-state index contributed by atoms with van der Waals surface area (Å²) in [5.74, 6) is 0.578. The number of ether oxygens (including phenoxy) is 1. The van der Waals surface area contributed by atoms with Crippen molar-refractivity contribution in [2.24, 2.45) is 0 Å². The standard InChI is InChI=1S/C16H17ClFNO/c1-20-13-7-5-12(6-8-13)9-10-19-11-14-15(17)3-2-4-16(14)18/h2-8,19H,9-11H2,1H3. The third-order valence-electron chi connectivity index (χ3n) is 3.11. The van der Waals surface area contributed by atoms with Gasteiger partial charge >= 0.3 is 0 Å². The van der Waals surface area contributed by atoms with Crippen LogP contribution in [-0.4, -0.2) is 13.7 Å². The SMILES string of the molecule is COc1ccc(CCNCc2c(F)cccc2Cl)cc1. The molecule has 0 aliphatic rings. The molecule has 0 aromatic heterocycles. The van der Waals surface area contributed by atoms with Crippen LogP contribution in [0.4, 0.5) is 4.39 Å². The molecule has 0 unspecified atom stereocenters. The molecule has 0 aliphatic carbocycles. The lowest BCUT2D eigenvalue weighted by atomic mass is 10.1. The van der Waals surface area contributed by atoms with Crippen LogP contribution in [0.1, 0.15) is 11.1 Å². The number of hydrogen-bond donors (Lipinski definition) is 1. The highest BCUT2D eigenvalue weighted by molar-refractivity contribution is 6.31. The van der Waals surface area contributed by atoms with Gasteiger partial charge in [-0.1, -0.05) is 29.8 Å². The summed E-state index contributed by atoms with van der Waals surface area (Å²) in [5, 5.41) is 3.66. The molecule has 1 N–H and O–H groups in total. The summed E-state index contributed by atoms with van der Waals surface area (Å²) in [5.41, 5.74) is 1.72. The van der Waals surface area contributed by atoms with E-state index in [9.17, 15) is 4.39 Å². The summed E-state index contributed by atoms with van der Waals surface area (Å²) in [6.45, 7) is 1.19. The summed E-state index contributed by atoms with van der Waals surface area (Å²) < 4.78 is 18.7. The summed E-state index contributed by atoms with van der Waals surface area (Å²) in [6, 6.07) is 12.6. The van der Waals surface area contributed by atoms with Crippen molar-refractivity contribution < 1.29 is 9.13 Å². The van der Waals surface area contributed by atoms with Crippen LogP contribution in [0.15, 0.2) is 42.5 Å². The van der Waals surface area contributed by atoms with E-state index in [0.29, 0.717) is 17.1 Å². The topological polar surface area (TPSA) is 21.3 Å². The lowest BCUT2D eigenvalue weighted by molar-refractivity contribution is 0.414. The molecule has 0 spiro atoms. The van der Waals surface area contributed by atoms with Gasteiger partial charge < -0.3 is 10.1 Å². The fraction of sp³-hybridized carbons (Fsp3) is 0.250. The van der Waals surface area contributed by atoms with Gasteiger partial charge in [-0.05, 0) is 42.8 Å². The first-order valence-electron chi connectivity index (χ1n) is 6.47. The van der Waals surface area contributed by atoms with Gasteiger partial charge in [-0.2, -0.15) is 0 Å². The molecule has 106 valence electrons. The van der Waals surface area contributed by atoms with Crippen molar-refractivity contribution in [3.63, 3.8) is 0 Å². The van der Waals surface area contributed by atoms with Gasteiger partial charge in [0.15, 0.2) is 0 Å². The van der Waals surface area contributed by atoms with Gasteiger partial charge in [-0.15, -0.1) is 0 Å². The normalized spacial score (nSPS) is 10.6. The van der Waals surface area contributed by atoms with Crippen LogP contribution in [-0.2, 0) is 13.0 Å². The molecule has 0 fully saturated rings. The Morgan fingerprint density at radius 2 is 1.90 bits per heavy atom. The van der Waals surface area contributed by atoms with Crippen molar-refractivity contribution in [3.8, 4) is 5.75 Å². The maximum Gasteiger partial charge on any atom is 0.129 e. The molecule has 2 rings (SSSR count). The average molecular weight is 294 g/mol. The summed E-state index contributed by atoms with van der Waals surface area (Å²) >= 11 is 5.96. The first kappa shape index (κ1) is 14.8. The maximum absolute atomic E-state index is 13.5. The van der Waals surface area contributed by atoms with Gasteiger partial charge in [0.05, 0.1) is 7.11 Å². The lowest BCUT2D eigenvalue weighted by Gasteiger charge is -2.08. The highest BCUT2D eigenvalue weighted by Gasteiger charge is 2.05. The molecule has 20 heavy (non-hydrogen) atoms. The Morgan fingerprint density at radius 3 is 2.55 bits per heavy atom. The number of benzene rings is 2. The van der Waals surface area contributed by atoms with E-state index in [1.807, 2.05) is 24.3 Å². The minimum Gasteiger partial charge on any atom is -0.497 e. The molecule has 0 atom stereocenters. The Morgan fingerprint density at radius 1 is 1.15 bits per heavy atom. The van der Waals surface area contributed by atoms with Gasteiger partial charge in [-0.3, -0.25) is 0 Å². The average Bonchev–Trinajstić information content (AvgIpc) is 2.46. The van der Waals surface area contributed by atoms with Crippen LogP contribution in [0.3, 0.4) is 0 Å². The van der Waals surface area contributed by atoms with Gasteiger partial charge in [0, 0.05) is 17.1 Å². The molecule has 0 bridgehead atoms. The van der Waals surface area contributed by atoms with Crippen LogP contribution < -0.4 is 10.1 Å². The smallest absolute Gasteiger partial charge is 0.129 e. The van der Waals surface area contributed by atoms with Gasteiger partial charge in [0.2, 0.25) is 0 Å². The zero-order valence-corrected chi connectivity index (χ0v) is 12.1. The Balaban J connectivity index is 1.81. The van der Waals surface area contributed by atoms with Gasteiger partial charge in [0.1, 0.15) is 11.6 Å². The Hall–Kier alpha value is -1.58. The second-order valence-corrected chi connectivity index (χ2v) is 4.88. The van der Waals surface area contributed by atoms with Gasteiger partial charge in [0.25, 0.3) is 0 Å². The number of methoxy groups -OCH3 is 1. The number of halogens is 2. The van der Waals surface area contributed by atoms with Crippen LogP contribution in [0.25, 0.3) is 0 Å². The second kappa shape index (κ2) is 7.27. The quantitative estimate of drug-likeness (QED) is 0.818. The van der Waals surface area contributed by atoms with E-state index in [4.69, 9.17) is 16.3 Å². The second-order valence-electron chi connectivity index (χ2n) is 4.48. The van der Waals surface area contributed by atoms with Crippen molar-refractivity contribution in [2.75, 3.05) is 13.7 Å². The van der Waals surface area contributed by atoms with Crippen molar-refractivity contribution >= 4 is 11.6 Å². The highest BCUT2D eigenvalue weighted by atomic mass is 35.5. The minimum absolute atomic E-state index is 0.269. The van der Waals surface area contributed by atoms with E-state index >= 15 is 0 Å². The van der Waals surface area contributed by atoms with Crippen molar-refractivity contribution in [3.05, 3.63) is 64.4 Å². The Bertz CT molecular complexity index is 537. The van der Waals surface area contributed by atoms with E-state index in [0.717, 1.165) is 18.7 Å². The van der Waals surface area contributed by atoms with E-state index in [1.165, 1.54) is 11.6 Å². The molecule has 0 amide bonds. The molecular formula is C16H17ClFNO. The largest absolute Gasteiger partial charge is 0.497 e. The first-order chi connectivity index (χ1) is 9.70. The number of nitrogens with one attached hydrogen (secondary N) is 1. The fourth-order valence-electron chi connectivity index (χ4n) is 1.94. The summed E-state index contributed by atoms with van der Waals surface area (Å²) in [4.78, 5) is 0. The summed E-state index contributed by atoms with van der Waals surface area (Å²) in [6.07, 6.45) is 0.871. The predicted molar refractivity (Wildman–Crippen MR) is 79.8 cm³/mol. The van der Waals surface area contributed by atoms with Crippen LogP contribution in [0.5, 0.6) is 5.75 Å². The predicted octanol–water partition coefficient (Wildman–Crippen LogP) is 3.82. The van der Waals surface area contributed by atoms with E-state index in [-0.39, 0.29) is 5.82 Å². The third-order valence-corrected chi connectivity index (χ3v) is 3.47.